The zero-order chi connectivity index (χ0) is 15.1. The third-order valence-electron chi connectivity index (χ3n) is 4.48. The van der Waals surface area contributed by atoms with Crippen molar-refractivity contribution in [3.05, 3.63) is 10.4 Å². The molecule has 0 amide bonds. The second kappa shape index (κ2) is 5.61. The van der Waals surface area contributed by atoms with Gasteiger partial charge in [-0.1, -0.05) is 0 Å². The molecule has 116 valence electrons. The van der Waals surface area contributed by atoms with Crippen molar-refractivity contribution in [2.24, 2.45) is 0 Å². The van der Waals surface area contributed by atoms with Crippen LogP contribution in [0, 0.1) is 0 Å². The molecule has 1 saturated heterocycles. The van der Waals surface area contributed by atoms with Gasteiger partial charge in [0.25, 0.3) is 0 Å². The smallest absolute Gasteiger partial charge is 0.171 e. The second-order valence-corrected chi connectivity index (χ2v) is 7.64. The number of likely N-dealkylation sites (N-methyl/N-ethyl adjacent to an activating group) is 1. The Bertz CT molecular complexity index is 548. The van der Waals surface area contributed by atoms with Gasteiger partial charge >= 0.3 is 0 Å². The first-order valence-electron chi connectivity index (χ1n) is 7.83. The van der Waals surface area contributed by atoms with Gasteiger partial charge in [-0.15, -0.1) is 11.3 Å². The minimum absolute atomic E-state index is 0.106. The lowest BCUT2D eigenvalue weighted by atomic mass is 10.1. The molecule has 1 unspecified atom stereocenters. The molecule has 1 atom stereocenters. The van der Waals surface area contributed by atoms with Gasteiger partial charge in [0.2, 0.25) is 0 Å². The molecule has 1 aromatic rings. The SMILES string of the molecule is CC(=O)c1sc(N2CCCC2CN(C)C)c(C2CC2)c1N. The molecular weight excluding hydrogens is 282 g/mol. The number of nitrogen functional groups attached to an aromatic ring is 1. The van der Waals surface area contributed by atoms with Gasteiger partial charge in [-0.2, -0.15) is 0 Å². The van der Waals surface area contributed by atoms with E-state index in [4.69, 9.17) is 5.73 Å². The van der Waals surface area contributed by atoms with Crippen LogP contribution in [-0.2, 0) is 0 Å². The molecule has 1 aromatic heterocycles. The first-order valence-corrected chi connectivity index (χ1v) is 8.65. The molecule has 0 aromatic carbocycles. The minimum Gasteiger partial charge on any atom is -0.397 e. The van der Waals surface area contributed by atoms with Gasteiger partial charge in [-0.05, 0) is 45.7 Å². The van der Waals surface area contributed by atoms with E-state index in [0.29, 0.717) is 12.0 Å². The van der Waals surface area contributed by atoms with E-state index in [1.807, 2.05) is 0 Å². The van der Waals surface area contributed by atoms with Crippen LogP contribution in [0.2, 0.25) is 0 Å². The number of carbonyl (C=O) groups is 1. The summed E-state index contributed by atoms with van der Waals surface area (Å²) >= 11 is 1.62. The van der Waals surface area contributed by atoms with Crippen LogP contribution in [0.15, 0.2) is 0 Å². The average molecular weight is 307 g/mol. The lowest BCUT2D eigenvalue weighted by Crippen LogP contribution is -2.37. The van der Waals surface area contributed by atoms with E-state index in [9.17, 15) is 4.79 Å². The molecule has 0 spiro atoms. The van der Waals surface area contributed by atoms with E-state index in [2.05, 4.69) is 23.9 Å². The summed E-state index contributed by atoms with van der Waals surface area (Å²) in [6, 6.07) is 0.551. The number of rotatable bonds is 5. The normalized spacial score (nSPS) is 22.3. The Morgan fingerprint density at radius 2 is 2.10 bits per heavy atom. The standard InChI is InChI=1S/C16H25N3OS/c1-10(20)15-14(17)13(11-6-7-11)16(21-15)19-8-4-5-12(19)9-18(2)3/h11-12H,4-9,17H2,1-3H3. The highest BCUT2D eigenvalue weighted by molar-refractivity contribution is 7.18. The van der Waals surface area contributed by atoms with Crippen molar-refractivity contribution in [1.29, 1.82) is 0 Å². The van der Waals surface area contributed by atoms with Crippen LogP contribution < -0.4 is 10.6 Å². The van der Waals surface area contributed by atoms with Gasteiger partial charge in [-0.3, -0.25) is 4.79 Å². The Balaban J connectivity index is 1.97. The summed E-state index contributed by atoms with van der Waals surface area (Å²) in [6.45, 7) is 3.79. The predicted octanol–water partition coefficient (Wildman–Crippen LogP) is 2.94. The minimum atomic E-state index is 0.106. The van der Waals surface area contributed by atoms with Crippen molar-refractivity contribution >= 4 is 27.8 Å². The van der Waals surface area contributed by atoms with Gasteiger partial charge in [0.15, 0.2) is 5.78 Å². The molecule has 4 nitrogen and oxygen atoms in total. The fraction of sp³-hybridized carbons (Fsp3) is 0.688. The lowest BCUT2D eigenvalue weighted by molar-refractivity contribution is 0.102. The molecule has 0 radical (unpaired) electrons. The maximum Gasteiger partial charge on any atom is 0.171 e. The Morgan fingerprint density at radius 3 is 2.67 bits per heavy atom. The number of nitrogens with two attached hydrogens (primary N) is 1. The molecule has 2 aliphatic rings. The van der Waals surface area contributed by atoms with E-state index >= 15 is 0 Å². The molecule has 1 aliphatic heterocycles. The Hall–Kier alpha value is -1.07. The number of hydrogen-bond acceptors (Lipinski definition) is 5. The zero-order valence-corrected chi connectivity index (χ0v) is 14.0. The van der Waals surface area contributed by atoms with Crippen LogP contribution in [0.3, 0.4) is 0 Å². The van der Waals surface area contributed by atoms with Crippen LogP contribution >= 0.6 is 11.3 Å². The monoisotopic (exact) mass is 307 g/mol. The molecular formula is C16H25N3OS. The number of anilines is 2. The highest BCUT2D eigenvalue weighted by atomic mass is 32.1. The summed E-state index contributed by atoms with van der Waals surface area (Å²) in [5.74, 6) is 0.693. The van der Waals surface area contributed by atoms with Gasteiger partial charge in [0.1, 0.15) is 0 Å². The molecule has 1 aliphatic carbocycles. The number of carbonyl (C=O) groups excluding carboxylic acids is 1. The van der Waals surface area contributed by atoms with E-state index in [0.717, 1.165) is 23.7 Å². The summed E-state index contributed by atoms with van der Waals surface area (Å²) in [5, 5.41) is 1.28. The number of thiophene rings is 1. The van der Waals surface area contributed by atoms with E-state index in [1.54, 1.807) is 18.3 Å². The second-order valence-electron chi connectivity index (χ2n) is 6.65. The fourth-order valence-corrected chi connectivity index (χ4v) is 4.70. The fourth-order valence-electron chi connectivity index (χ4n) is 3.40. The average Bonchev–Trinajstić information content (AvgIpc) is 3.03. The highest BCUT2D eigenvalue weighted by Gasteiger charge is 2.36. The predicted molar refractivity (Wildman–Crippen MR) is 89.6 cm³/mol. The Labute approximate surface area is 130 Å². The van der Waals surface area contributed by atoms with E-state index in [1.165, 1.54) is 36.2 Å². The zero-order valence-electron chi connectivity index (χ0n) is 13.2. The topological polar surface area (TPSA) is 49.6 Å². The van der Waals surface area contributed by atoms with Crippen molar-refractivity contribution in [2.45, 2.75) is 44.6 Å². The van der Waals surface area contributed by atoms with Crippen molar-refractivity contribution in [2.75, 3.05) is 37.8 Å². The van der Waals surface area contributed by atoms with Gasteiger partial charge < -0.3 is 15.5 Å². The Morgan fingerprint density at radius 1 is 1.38 bits per heavy atom. The van der Waals surface area contributed by atoms with Crippen LogP contribution in [0.5, 0.6) is 0 Å². The molecule has 3 rings (SSSR count). The lowest BCUT2D eigenvalue weighted by Gasteiger charge is -2.29. The number of Topliss-reactive ketones (excluding diaryl/α,β-unsaturated/α-hetero) is 1. The molecule has 2 heterocycles. The van der Waals surface area contributed by atoms with E-state index in [-0.39, 0.29) is 5.78 Å². The molecule has 2 fully saturated rings. The van der Waals surface area contributed by atoms with Crippen molar-refractivity contribution in [3.8, 4) is 0 Å². The molecule has 1 saturated carbocycles. The number of ketones is 1. The van der Waals surface area contributed by atoms with Crippen LogP contribution in [0.25, 0.3) is 0 Å². The first kappa shape index (κ1) is 14.9. The van der Waals surface area contributed by atoms with Crippen molar-refractivity contribution in [3.63, 3.8) is 0 Å². The van der Waals surface area contributed by atoms with Crippen molar-refractivity contribution in [1.82, 2.24) is 4.90 Å². The third kappa shape index (κ3) is 2.81. The quantitative estimate of drug-likeness (QED) is 0.850. The molecule has 5 heteroatoms. The van der Waals surface area contributed by atoms with Gasteiger partial charge in [-0.25, -0.2) is 0 Å². The molecule has 0 bridgehead atoms. The van der Waals surface area contributed by atoms with Gasteiger partial charge in [0, 0.05) is 31.6 Å². The van der Waals surface area contributed by atoms with Crippen LogP contribution in [0.1, 0.15) is 53.8 Å². The molecule has 21 heavy (non-hydrogen) atoms. The highest BCUT2D eigenvalue weighted by Crippen LogP contribution is 2.53. The maximum absolute atomic E-state index is 11.9. The van der Waals surface area contributed by atoms with Gasteiger partial charge in [0.05, 0.1) is 15.6 Å². The number of hydrogen-bond donors (Lipinski definition) is 1. The summed E-state index contributed by atoms with van der Waals surface area (Å²) < 4.78 is 0. The summed E-state index contributed by atoms with van der Waals surface area (Å²) in [4.78, 5) is 17.4. The third-order valence-corrected chi connectivity index (χ3v) is 5.84. The summed E-state index contributed by atoms with van der Waals surface area (Å²) in [7, 11) is 4.25. The maximum atomic E-state index is 11.9. The molecule has 2 N–H and O–H groups in total. The largest absolute Gasteiger partial charge is 0.397 e. The van der Waals surface area contributed by atoms with Crippen LogP contribution in [0.4, 0.5) is 10.7 Å². The Kier molecular flexibility index (Phi) is 3.97. The number of nitrogens with zero attached hydrogens (tertiary/aromatic N) is 2. The van der Waals surface area contributed by atoms with E-state index < -0.39 is 0 Å². The summed E-state index contributed by atoms with van der Waals surface area (Å²) in [6.07, 6.45) is 4.90. The first-order chi connectivity index (χ1) is 9.99. The summed E-state index contributed by atoms with van der Waals surface area (Å²) in [5.41, 5.74) is 8.35. The van der Waals surface area contributed by atoms with Crippen molar-refractivity contribution < 1.29 is 4.79 Å². The van der Waals surface area contributed by atoms with Crippen LogP contribution in [-0.4, -0.2) is 43.9 Å².